The lowest BCUT2D eigenvalue weighted by Gasteiger charge is -2.38. The van der Waals surface area contributed by atoms with Crippen molar-refractivity contribution in [3.05, 3.63) is 0 Å². The number of rotatable bonds is 3. The first kappa shape index (κ1) is 15.8. The van der Waals surface area contributed by atoms with Crippen molar-refractivity contribution in [3.8, 4) is 0 Å². The Labute approximate surface area is 117 Å². The van der Waals surface area contributed by atoms with Gasteiger partial charge in [-0.3, -0.25) is 4.99 Å². The maximum Gasteiger partial charge on any atom is 0.390 e. The fourth-order valence-electron chi connectivity index (χ4n) is 1.99. The van der Waals surface area contributed by atoms with E-state index in [4.69, 9.17) is 9.84 Å². The first-order valence-electron chi connectivity index (χ1n) is 5.98. The van der Waals surface area contributed by atoms with Crippen molar-refractivity contribution in [2.45, 2.75) is 42.4 Å². The molecule has 0 aliphatic carbocycles. The van der Waals surface area contributed by atoms with Gasteiger partial charge in [0.05, 0.1) is 25.6 Å². The quantitative estimate of drug-likeness (QED) is 0.558. The molecule has 6 nitrogen and oxygen atoms in total. The Hall–Kier alpha value is -0.550. The van der Waals surface area contributed by atoms with Crippen molar-refractivity contribution in [2.24, 2.45) is 4.99 Å². The standard InChI is InChI=1S/C10H15F3N2O4S/c11-10(12,13)1-2-14-9-15-5-7(18)6(17)4(3-16)19-8(5)20-9/h4-8,16-18H,1-3H2,(H,14,15)/t4-,5-,6-,7-,8-/m1/s1. The third-order valence-corrected chi connectivity index (χ3v) is 4.16. The second-order valence-corrected chi connectivity index (χ2v) is 5.63. The van der Waals surface area contributed by atoms with E-state index in [1.54, 1.807) is 0 Å². The Bertz CT molecular complexity index is 382. The molecule has 0 radical (unpaired) electrons. The van der Waals surface area contributed by atoms with Gasteiger partial charge in [-0.05, 0) is 0 Å². The number of aliphatic hydroxyl groups is 3. The molecule has 20 heavy (non-hydrogen) atoms. The number of alkyl halides is 3. The van der Waals surface area contributed by atoms with Gasteiger partial charge in [0.1, 0.15) is 23.7 Å². The number of hydrogen-bond donors (Lipinski definition) is 4. The average Bonchev–Trinajstić information content (AvgIpc) is 2.75. The molecule has 4 N–H and O–H groups in total. The van der Waals surface area contributed by atoms with E-state index in [0.29, 0.717) is 0 Å². The molecule has 0 unspecified atom stereocenters. The average molecular weight is 316 g/mol. The molecule has 2 fully saturated rings. The molecule has 0 bridgehead atoms. The Morgan fingerprint density at radius 2 is 2.00 bits per heavy atom. The van der Waals surface area contributed by atoms with Crippen LogP contribution in [0.5, 0.6) is 0 Å². The number of fused-ring (bicyclic) bond motifs is 1. The molecule has 0 spiro atoms. The van der Waals surface area contributed by atoms with Crippen LogP contribution in [0.3, 0.4) is 0 Å². The molecular formula is C10H15F3N2O4S. The Kier molecular flexibility index (Phi) is 4.80. The topological polar surface area (TPSA) is 94.3 Å². The second kappa shape index (κ2) is 6.06. The molecule has 2 heterocycles. The van der Waals surface area contributed by atoms with Crippen LogP contribution < -0.4 is 5.32 Å². The minimum absolute atomic E-state index is 0.231. The number of ether oxygens (including phenoxy) is 1. The molecule has 0 aromatic carbocycles. The van der Waals surface area contributed by atoms with E-state index in [1.165, 1.54) is 0 Å². The summed E-state index contributed by atoms with van der Waals surface area (Å²) >= 11 is 1.04. The van der Waals surface area contributed by atoms with E-state index in [1.807, 2.05) is 0 Å². The van der Waals surface area contributed by atoms with Crippen LogP contribution in [0, 0.1) is 0 Å². The predicted molar refractivity (Wildman–Crippen MR) is 65.2 cm³/mol. The van der Waals surface area contributed by atoms with Gasteiger partial charge in [-0.1, -0.05) is 11.8 Å². The molecular weight excluding hydrogens is 301 g/mol. The highest BCUT2D eigenvalue weighted by molar-refractivity contribution is 8.14. The van der Waals surface area contributed by atoms with E-state index >= 15 is 0 Å². The molecule has 2 saturated heterocycles. The monoisotopic (exact) mass is 316 g/mol. The second-order valence-electron chi connectivity index (χ2n) is 4.55. The zero-order chi connectivity index (χ0) is 14.9. The van der Waals surface area contributed by atoms with Gasteiger partial charge >= 0.3 is 6.18 Å². The summed E-state index contributed by atoms with van der Waals surface area (Å²) < 4.78 is 41.4. The van der Waals surface area contributed by atoms with E-state index in [0.717, 1.165) is 11.8 Å². The van der Waals surface area contributed by atoms with Crippen LogP contribution >= 0.6 is 11.8 Å². The summed E-state index contributed by atoms with van der Waals surface area (Å²) in [6.07, 6.45) is -8.67. The van der Waals surface area contributed by atoms with Crippen LogP contribution in [0.25, 0.3) is 0 Å². The molecule has 2 aliphatic rings. The van der Waals surface area contributed by atoms with Gasteiger partial charge in [0, 0.05) is 0 Å². The summed E-state index contributed by atoms with van der Waals surface area (Å²) in [7, 11) is 0. The number of aliphatic imine (C=N–C) groups is 1. The number of halogens is 3. The lowest BCUT2D eigenvalue weighted by molar-refractivity contribution is -0.167. The third-order valence-electron chi connectivity index (χ3n) is 3.05. The first-order chi connectivity index (χ1) is 9.31. The van der Waals surface area contributed by atoms with Crippen molar-refractivity contribution in [1.29, 1.82) is 0 Å². The van der Waals surface area contributed by atoms with Gasteiger partial charge in [-0.15, -0.1) is 0 Å². The van der Waals surface area contributed by atoms with Crippen molar-refractivity contribution in [1.82, 2.24) is 5.32 Å². The van der Waals surface area contributed by atoms with Crippen molar-refractivity contribution >= 4 is 16.9 Å². The lowest BCUT2D eigenvalue weighted by atomic mass is 9.98. The van der Waals surface area contributed by atoms with Gasteiger partial charge < -0.3 is 25.4 Å². The summed E-state index contributed by atoms with van der Waals surface area (Å²) in [5.41, 5.74) is -0.602. The van der Waals surface area contributed by atoms with Crippen LogP contribution in [0.15, 0.2) is 4.99 Å². The molecule has 0 aromatic rings. The minimum Gasteiger partial charge on any atom is -0.394 e. The van der Waals surface area contributed by atoms with Gasteiger partial charge in [0.2, 0.25) is 0 Å². The summed E-state index contributed by atoms with van der Waals surface area (Å²) in [6.45, 7) is -0.872. The maximum absolute atomic E-state index is 12.0. The molecule has 5 atom stereocenters. The first-order valence-corrected chi connectivity index (χ1v) is 6.86. The molecule has 2 rings (SSSR count). The lowest BCUT2D eigenvalue weighted by Crippen LogP contribution is -2.59. The molecule has 0 aromatic heterocycles. The maximum atomic E-state index is 12.0. The van der Waals surface area contributed by atoms with E-state index < -0.39 is 55.5 Å². The zero-order valence-electron chi connectivity index (χ0n) is 10.2. The fourth-order valence-corrected chi connectivity index (χ4v) is 3.15. The van der Waals surface area contributed by atoms with Crippen LogP contribution in [-0.4, -0.2) is 69.6 Å². The Morgan fingerprint density at radius 1 is 1.30 bits per heavy atom. The predicted octanol–water partition coefficient (Wildman–Crippen LogP) is -0.561. The van der Waals surface area contributed by atoms with E-state index in [9.17, 15) is 23.4 Å². The van der Waals surface area contributed by atoms with Crippen molar-refractivity contribution in [2.75, 3.05) is 13.2 Å². The van der Waals surface area contributed by atoms with Crippen molar-refractivity contribution < 1.29 is 33.2 Å². The van der Waals surface area contributed by atoms with Gasteiger partial charge in [0.25, 0.3) is 0 Å². The van der Waals surface area contributed by atoms with Crippen LogP contribution in [0.4, 0.5) is 13.2 Å². The fraction of sp³-hybridized carbons (Fsp3) is 0.900. The molecule has 0 amide bonds. The highest BCUT2D eigenvalue weighted by Crippen LogP contribution is 2.33. The minimum atomic E-state index is -4.27. The van der Waals surface area contributed by atoms with Crippen LogP contribution in [-0.2, 0) is 4.74 Å². The van der Waals surface area contributed by atoms with Gasteiger partial charge in [-0.25, -0.2) is 0 Å². The largest absolute Gasteiger partial charge is 0.394 e. The molecule has 0 saturated carbocycles. The number of amidine groups is 1. The summed E-state index contributed by atoms with van der Waals surface area (Å²) in [5.74, 6) is 0. The zero-order valence-corrected chi connectivity index (χ0v) is 11.1. The van der Waals surface area contributed by atoms with Crippen molar-refractivity contribution in [3.63, 3.8) is 0 Å². The van der Waals surface area contributed by atoms with Gasteiger partial charge in [0.15, 0.2) is 5.17 Å². The van der Waals surface area contributed by atoms with E-state index in [-0.39, 0.29) is 5.17 Å². The highest BCUT2D eigenvalue weighted by Gasteiger charge is 2.48. The van der Waals surface area contributed by atoms with E-state index in [2.05, 4.69) is 10.3 Å². The summed E-state index contributed by atoms with van der Waals surface area (Å²) in [4.78, 5) is 3.76. The van der Waals surface area contributed by atoms with Gasteiger partial charge in [-0.2, -0.15) is 13.2 Å². The smallest absolute Gasteiger partial charge is 0.390 e. The Morgan fingerprint density at radius 3 is 2.60 bits per heavy atom. The summed E-state index contributed by atoms with van der Waals surface area (Å²) in [6, 6.07) is -0.664. The number of aliphatic hydroxyl groups excluding tert-OH is 3. The number of nitrogens with zero attached hydrogens (tertiary/aromatic N) is 1. The van der Waals surface area contributed by atoms with Crippen LogP contribution in [0.1, 0.15) is 6.42 Å². The molecule has 116 valence electrons. The summed E-state index contributed by atoms with van der Waals surface area (Å²) in [5, 5.41) is 31.5. The number of nitrogens with one attached hydrogen (secondary N) is 1. The number of hydrogen-bond acceptors (Lipinski definition) is 6. The van der Waals surface area contributed by atoms with Crippen LogP contribution in [0.2, 0.25) is 0 Å². The number of thioether (sulfide) groups is 1. The molecule has 10 heteroatoms. The Balaban J connectivity index is 1.95. The normalized spacial score (nSPS) is 39.7. The third kappa shape index (κ3) is 3.55. The molecule has 2 aliphatic heterocycles. The SMILES string of the molecule is OC[C@H]1O[C@@H]2SC(=NCCC(F)(F)F)N[C@@H]2[C@@H](O)[C@@H]1O. The highest BCUT2D eigenvalue weighted by atomic mass is 32.2.